The summed E-state index contributed by atoms with van der Waals surface area (Å²) in [5.74, 6) is -0.0377. The second-order valence-electron chi connectivity index (χ2n) is 6.19. The van der Waals surface area contributed by atoms with Crippen molar-refractivity contribution in [3.05, 3.63) is 40.2 Å². The van der Waals surface area contributed by atoms with E-state index in [1.165, 1.54) is 28.8 Å². The van der Waals surface area contributed by atoms with Gasteiger partial charge in [0.15, 0.2) is 11.2 Å². The molecule has 0 amide bonds. The maximum absolute atomic E-state index is 12.6. The number of ether oxygens (including phenoxy) is 1. The highest BCUT2D eigenvalue weighted by atomic mass is 16.5. The number of piperazine rings is 1. The van der Waals surface area contributed by atoms with E-state index in [9.17, 15) is 9.59 Å². The van der Waals surface area contributed by atoms with Crippen LogP contribution in [0.4, 0.5) is 5.95 Å². The molecule has 3 N–H and O–H groups in total. The van der Waals surface area contributed by atoms with Crippen molar-refractivity contribution >= 4 is 23.1 Å². The van der Waals surface area contributed by atoms with Crippen LogP contribution in [0, 0.1) is 0 Å². The fourth-order valence-corrected chi connectivity index (χ4v) is 2.89. The summed E-state index contributed by atoms with van der Waals surface area (Å²) in [4.78, 5) is 37.5. The molecule has 27 heavy (non-hydrogen) atoms. The maximum atomic E-state index is 12.6. The Kier molecular flexibility index (Phi) is 4.24. The molecule has 1 aromatic carbocycles. The Morgan fingerprint density at radius 3 is 2.56 bits per heavy atom. The first-order valence-corrected chi connectivity index (χ1v) is 8.46. The molecule has 0 spiro atoms. The smallest absolute Gasteiger partial charge is 0.335 e. The van der Waals surface area contributed by atoms with Gasteiger partial charge in [-0.2, -0.15) is 9.97 Å². The first-order chi connectivity index (χ1) is 13.0. The van der Waals surface area contributed by atoms with Crippen molar-refractivity contribution in [2.24, 2.45) is 7.05 Å². The topological polar surface area (TPSA) is 125 Å². The summed E-state index contributed by atoms with van der Waals surface area (Å²) < 4.78 is 6.95. The number of hydrogen-bond acceptors (Lipinski definition) is 7. The molecule has 0 aliphatic carbocycles. The zero-order valence-corrected chi connectivity index (χ0v) is 14.6. The number of rotatable bonds is 4. The lowest BCUT2D eigenvalue weighted by atomic mass is 10.2. The van der Waals surface area contributed by atoms with Crippen LogP contribution in [0.2, 0.25) is 0 Å². The Morgan fingerprint density at radius 1 is 1.19 bits per heavy atom. The van der Waals surface area contributed by atoms with Crippen molar-refractivity contribution in [3.8, 4) is 11.8 Å². The van der Waals surface area contributed by atoms with Crippen LogP contribution in [0.3, 0.4) is 0 Å². The average molecular weight is 370 g/mol. The Balaban J connectivity index is 1.67. The number of nitrogens with zero attached hydrogens (tertiary/aromatic N) is 4. The Bertz CT molecular complexity index is 1050. The molecular formula is C17H18N6O4. The van der Waals surface area contributed by atoms with Crippen LogP contribution in [-0.4, -0.2) is 56.8 Å². The lowest BCUT2D eigenvalue weighted by Crippen LogP contribution is -2.44. The number of aromatic carboxylic acids is 1. The third-order valence-corrected chi connectivity index (χ3v) is 4.41. The van der Waals surface area contributed by atoms with Gasteiger partial charge in [-0.1, -0.05) is 0 Å². The third-order valence-electron chi connectivity index (χ3n) is 4.41. The van der Waals surface area contributed by atoms with E-state index in [0.717, 1.165) is 26.2 Å². The number of carboxylic acids is 1. The first kappa shape index (κ1) is 17.0. The van der Waals surface area contributed by atoms with Crippen LogP contribution in [0.25, 0.3) is 11.2 Å². The summed E-state index contributed by atoms with van der Waals surface area (Å²) in [6, 6.07) is 5.94. The van der Waals surface area contributed by atoms with Gasteiger partial charge in [0.2, 0.25) is 5.95 Å². The van der Waals surface area contributed by atoms with Gasteiger partial charge in [0.05, 0.1) is 5.56 Å². The fraction of sp³-hybridized carbons (Fsp3) is 0.294. The lowest BCUT2D eigenvalue weighted by molar-refractivity contribution is 0.0697. The third kappa shape index (κ3) is 3.22. The van der Waals surface area contributed by atoms with Gasteiger partial charge in [-0.05, 0) is 24.3 Å². The number of carbonyl (C=O) groups is 1. The highest BCUT2D eigenvalue weighted by Crippen LogP contribution is 2.21. The van der Waals surface area contributed by atoms with Crippen LogP contribution in [0.15, 0.2) is 29.1 Å². The first-order valence-electron chi connectivity index (χ1n) is 8.46. The molecule has 3 aromatic rings. The standard InChI is InChI=1S/C17H18N6O4/c1-22-14(24)12-13(20-16(19-12)23-8-6-18-7-9-23)21-17(22)27-11-4-2-10(3-5-11)15(25)26/h2-5,18H,6-9H2,1H3,(H,19,20)(H,25,26). The van der Waals surface area contributed by atoms with E-state index in [1.54, 1.807) is 7.05 Å². The number of carboxylic acid groups (broad SMARTS) is 1. The van der Waals surface area contributed by atoms with Crippen molar-refractivity contribution in [2.75, 3.05) is 31.1 Å². The predicted octanol–water partition coefficient (Wildman–Crippen LogP) is 0.557. The quantitative estimate of drug-likeness (QED) is 0.608. The zero-order chi connectivity index (χ0) is 19.0. The van der Waals surface area contributed by atoms with Gasteiger partial charge in [0.1, 0.15) is 5.75 Å². The molecule has 0 unspecified atom stereocenters. The van der Waals surface area contributed by atoms with Crippen molar-refractivity contribution in [1.82, 2.24) is 24.8 Å². The van der Waals surface area contributed by atoms with Crippen molar-refractivity contribution < 1.29 is 14.6 Å². The highest BCUT2D eigenvalue weighted by Gasteiger charge is 2.19. The molecule has 2 aromatic heterocycles. The van der Waals surface area contributed by atoms with Crippen LogP contribution in [0.1, 0.15) is 10.4 Å². The van der Waals surface area contributed by atoms with E-state index in [4.69, 9.17) is 9.84 Å². The molecule has 10 nitrogen and oxygen atoms in total. The Labute approximate surface area is 153 Å². The Hall–Kier alpha value is -3.40. The fourth-order valence-electron chi connectivity index (χ4n) is 2.89. The molecule has 3 heterocycles. The number of imidazole rings is 1. The average Bonchev–Trinajstić information content (AvgIpc) is 3.11. The van der Waals surface area contributed by atoms with Crippen LogP contribution >= 0.6 is 0 Å². The molecule has 0 radical (unpaired) electrons. The molecule has 1 fully saturated rings. The zero-order valence-electron chi connectivity index (χ0n) is 14.6. The van der Waals surface area contributed by atoms with E-state index in [2.05, 4.69) is 25.2 Å². The summed E-state index contributed by atoms with van der Waals surface area (Å²) in [6.07, 6.45) is 0. The number of H-pyrrole nitrogens is 1. The monoisotopic (exact) mass is 370 g/mol. The summed E-state index contributed by atoms with van der Waals surface area (Å²) in [7, 11) is 1.56. The summed E-state index contributed by atoms with van der Waals surface area (Å²) >= 11 is 0. The minimum atomic E-state index is -1.02. The molecule has 1 saturated heterocycles. The van der Waals surface area contributed by atoms with Gasteiger partial charge in [-0.25, -0.2) is 4.79 Å². The van der Waals surface area contributed by atoms with Crippen LogP contribution < -0.4 is 20.5 Å². The number of aromatic amines is 1. The second kappa shape index (κ2) is 6.72. The summed E-state index contributed by atoms with van der Waals surface area (Å²) in [5.41, 5.74) is 0.446. The molecular weight excluding hydrogens is 352 g/mol. The molecule has 0 saturated carbocycles. The molecule has 4 rings (SSSR count). The van der Waals surface area contributed by atoms with Gasteiger partial charge in [0.25, 0.3) is 5.56 Å². The number of fused-ring (bicyclic) bond motifs is 1. The van der Waals surface area contributed by atoms with Gasteiger partial charge < -0.3 is 25.0 Å². The largest absolute Gasteiger partial charge is 0.478 e. The van der Waals surface area contributed by atoms with E-state index in [0.29, 0.717) is 17.2 Å². The molecule has 140 valence electrons. The summed E-state index contributed by atoms with van der Waals surface area (Å²) in [6.45, 7) is 3.28. The van der Waals surface area contributed by atoms with E-state index >= 15 is 0 Å². The SMILES string of the molecule is Cn1c(Oc2ccc(C(=O)O)cc2)nc2nc(N3CCNCC3)[nH]c2c1=O. The van der Waals surface area contributed by atoms with Gasteiger partial charge in [-0.3, -0.25) is 9.36 Å². The van der Waals surface area contributed by atoms with E-state index < -0.39 is 5.97 Å². The molecule has 1 aliphatic rings. The highest BCUT2D eigenvalue weighted by molar-refractivity contribution is 5.87. The van der Waals surface area contributed by atoms with Crippen molar-refractivity contribution in [2.45, 2.75) is 0 Å². The maximum Gasteiger partial charge on any atom is 0.335 e. The molecule has 1 aliphatic heterocycles. The number of hydrogen-bond donors (Lipinski definition) is 3. The second-order valence-corrected chi connectivity index (χ2v) is 6.19. The van der Waals surface area contributed by atoms with Gasteiger partial charge in [0, 0.05) is 33.2 Å². The summed E-state index contributed by atoms with van der Waals surface area (Å²) in [5, 5.41) is 12.2. The minimum Gasteiger partial charge on any atom is -0.478 e. The van der Waals surface area contributed by atoms with E-state index in [-0.39, 0.29) is 22.8 Å². The number of aromatic nitrogens is 4. The van der Waals surface area contributed by atoms with Gasteiger partial charge >= 0.3 is 12.0 Å². The predicted molar refractivity (Wildman–Crippen MR) is 97.7 cm³/mol. The molecule has 0 atom stereocenters. The number of benzene rings is 1. The Morgan fingerprint density at radius 2 is 1.89 bits per heavy atom. The molecule has 0 bridgehead atoms. The van der Waals surface area contributed by atoms with Crippen LogP contribution in [0.5, 0.6) is 11.8 Å². The normalized spacial score (nSPS) is 14.5. The minimum absolute atomic E-state index is 0.0777. The van der Waals surface area contributed by atoms with Crippen molar-refractivity contribution in [1.29, 1.82) is 0 Å². The van der Waals surface area contributed by atoms with E-state index in [1.807, 2.05) is 0 Å². The van der Waals surface area contributed by atoms with Crippen LogP contribution in [-0.2, 0) is 7.05 Å². The lowest BCUT2D eigenvalue weighted by Gasteiger charge is -2.26. The molecule has 10 heteroatoms. The van der Waals surface area contributed by atoms with Gasteiger partial charge in [-0.15, -0.1) is 0 Å². The number of nitrogens with one attached hydrogen (secondary N) is 2. The van der Waals surface area contributed by atoms with Crippen molar-refractivity contribution in [3.63, 3.8) is 0 Å². The number of anilines is 1.